The molecule has 4 nitrogen and oxygen atoms in total. The fraction of sp³-hybridized carbons (Fsp3) is 0.200. The van der Waals surface area contributed by atoms with Crippen molar-refractivity contribution in [2.45, 2.75) is 6.54 Å². The van der Waals surface area contributed by atoms with Gasteiger partial charge >= 0.3 is 6.03 Å². The van der Waals surface area contributed by atoms with Crippen LogP contribution in [0.4, 0.5) is 4.79 Å². The molecule has 3 amide bonds. The van der Waals surface area contributed by atoms with Gasteiger partial charge in [0, 0.05) is 10.0 Å². The fourth-order valence-electron chi connectivity index (χ4n) is 1.50. The number of halogens is 2. The van der Waals surface area contributed by atoms with Crippen LogP contribution in [0, 0.1) is 0 Å². The van der Waals surface area contributed by atoms with Crippen molar-refractivity contribution in [1.82, 2.24) is 10.2 Å². The molecule has 1 aliphatic rings. The van der Waals surface area contributed by atoms with Gasteiger partial charge in [0.1, 0.15) is 0 Å². The molecular formula is C10H8Cl2N2O2. The van der Waals surface area contributed by atoms with E-state index in [9.17, 15) is 9.59 Å². The van der Waals surface area contributed by atoms with Crippen molar-refractivity contribution in [3.05, 3.63) is 33.8 Å². The highest BCUT2D eigenvalue weighted by Gasteiger charge is 2.28. The first-order valence-corrected chi connectivity index (χ1v) is 5.35. The maximum absolute atomic E-state index is 11.3. The first-order chi connectivity index (χ1) is 7.56. The number of urea groups is 1. The van der Waals surface area contributed by atoms with Crippen molar-refractivity contribution < 1.29 is 9.59 Å². The summed E-state index contributed by atoms with van der Waals surface area (Å²) in [4.78, 5) is 23.7. The van der Waals surface area contributed by atoms with Crippen LogP contribution in [0.3, 0.4) is 0 Å². The topological polar surface area (TPSA) is 49.4 Å². The van der Waals surface area contributed by atoms with Crippen molar-refractivity contribution >= 4 is 35.1 Å². The van der Waals surface area contributed by atoms with E-state index in [2.05, 4.69) is 5.32 Å². The third kappa shape index (κ3) is 2.28. The lowest BCUT2D eigenvalue weighted by Gasteiger charge is -2.12. The lowest BCUT2D eigenvalue weighted by atomic mass is 10.2. The van der Waals surface area contributed by atoms with Gasteiger partial charge in [-0.05, 0) is 23.8 Å². The molecule has 2 rings (SSSR count). The molecule has 0 atom stereocenters. The predicted octanol–water partition coefficient (Wildman–Crippen LogP) is 2.05. The van der Waals surface area contributed by atoms with E-state index in [1.54, 1.807) is 18.2 Å². The Kier molecular flexibility index (Phi) is 3.03. The Hall–Kier alpha value is -1.26. The van der Waals surface area contributed by atoms with Gasteiger partial charge < -0.3 is 5.32 Å². The molecule has 0 radical (unpaired) electrons. The summed E-state index contributed by atoms with van der Waals surface area (Å²) < 4.78 is 0. The zero-order chi connectivity index (χ0) is 11.7. The molecule has 0 spiro atoms. The number of nitrogens with zero attached hydrogens (tertiary/aromatic N) is 1. The van der Waals surface area contributed by atoms with Gasteiger partial charge in [0.25, 0.3) is 0 Å². The highest BCUT2D eigenvalue weighted by Crippen LogP contribution is 2.20. The van der Waals surface area contributed by atoms with Gasteiger partial charge in [0.2, 0.25) is 5.91 Å². The van der Waals surface area contributed by atoms with Gasteiger partial charge in [-0.1, -0.05) is 23.2 Å². The van der Waals surface area contributed by atoms with Crippen molar-refractivity contribution in [2.24, 2.45) is 0 Å². The number of rotatable bonds is 2. The highest BCUT2D eigenvalue weighted by molar-refractivity contribution is 6.34. The molecule has 84 valence electrons. The second-order valence-electron chi connectivity index (χ2n) is 3.42. The van der Waals surface area contributed by atoms with E-state index in [1.807, 2.05) is 0 Å². The number of carbonyl (C=O) groups is 2. The monoisotopic (exact) mass is 258 g/mol. The Morgan fingerprint density at radius 1 is 1.19 bits per heavy atom. The minimum absolute atomic E-state index is 0.0487. The molecule has 1 aromatic carbocycles. The fourth-order valence-corrected chi connectivity index (χ4v) is 2.07. The Morgan fingerprint density at radius 2 is 1.81 bits per heavy atom. The van der Waals surface area contributed by atoms with E-state index in [-0.39, 0.29) is 25.0 Å². The maximum atomic E-state index is 11.3. The summed E-state index contributed by atoms with van der Waals surface area (Å²) in [5.74, 6) is -0.249. The van der Waals surface area contributed by atoms with Gasteiger partial charge in [-0.15, -0.1) is 0 Å². The van der Waals surface area contributed by atoms with Crippen LogP contribution in [0.15, 0.2) is 18.2 Å². The maximum Gasteiger partial charge on any atom is 0.324 e. The van der Waals surface area contributed by atoms with Gasteiger partial charge in [-0.3, -0.25) is 9.69 Å². The molecule has 0 bridgehead atoms. The summed E-state index contributed by atoms with van der Waals surface area (Å²) >= 11 is 11.6. The van der Waals surface area contributed by atoms with Gasteiger partial charge in [-0.25, -0.2) is 4.79 Å². The van der Waals surface area contributed by atoms with Gasteiger partial charge in [0.05, 0.1) is 13.1 Å². The van der Waals surface area contributed by atoms with Crippen molar-refractivity contribution in [3.8, 4) is 0 Å². The normalized spacial score (nSPS) is 15.5. The van der Waals surface area contributed by atoms with Crippen molar-refractivity contribution in [3.63, 3.8) is 0 Å². The molecule has 16 heavy (non-hydrogen) atoms. The molecule has 0 saturated carbocycles. The Balaban J connectivity index is 2.20. The van der Waals surface area contributed by atoms with Gasteiger partial charge in [-0.2, -0.15) is 0 Å². The number of hydrogen-bond acceptors (Lipinski definition) is 2. The van der Waals surface area contributed by atoms with Crippen LogP contribution in [0.5, 0.6) is 0 Å². The van der Waals surface area contributed by atoms with Crippen LogP contribution < -0.4 is 5.32 Å². The van der Waals surface area contributed by atoms with Gasteiger partial charge in [0.15, 0.2) is 0 Å². The van der Waals surface area contributed by atoms with Crippen LogP contribution >= 0.6 is 23.2 Å². The molecule has 1 aromatic rings. The molecule has 1 saturated heterocycles. The quantitative estimate of drug-likeness (QED) is 0.826. The summed E-state index contributed by atoms with van der Waals surface area (Å²) in [5.41, 5.74) is 0.725. The minimum Gasteiger partial charge on any atom is -0.329 e. The molecule has 1 N–H and O–H groups in total. The Bertz CT molecular complexity index is 426. The molecular weight excluding hydrogens is 251 g/mol. The molecule has 1 heterocycles. The Labute approximate surface area is 102 Å². The molecule has 1 aliphatic heterocycles. The second-order valence-corrected chi connectivity index (χ2v) is 4.29. The van der Waals surface area contributed by atoms with E-state index in [4.69, 9.17) is 23.2 Å². The molecule has 1 fully saturated rings. The number of carbonyl (C=O) groups excluding carboxylic acids is 2. The van der Waals surface area contributed by atoms with E-state index in [1.165, 1.54) is 0 Å². The zero-order valence-corrected chi connectivity index (χ0v) is 9.68. The average molecular weight is 259 g/mol. The average Bonchev–Trinajstić information content (AvgIpc) is 2.48. The molecule has 0 aliphatic carbocycles. The second kappa shape index (κ2) is 4.31. The van der Waals surface area contributed by atoms with Crippen LogP contribution in [0.2, 0.25) is 10.0 Å². The number of benzene rings is 1. The number of nitrogens with one attached hydrogen (secondary N) is 1. The summed E-state index contributed by atoms with van der Waals surface area (Å²) in [5, 5.41) is 3.40. The summed E-state index contributed by atoms with van der Waals surface area (Å²) in [7, 11) is 0. The number of amides is 3. The number of hydrogen-bond donors (Lipinski definition) is 1. The minimum atomic E-state index is -0.388. The third-order valence-electron chi connectivity index (χ3n) is 2.20. The van der Waals surface area contributed by atoms with Crippen LogP contribution in [-0.4, -0.2) is 23.4 Å². The first kappa shape index (κ1) is 11.2. The van der Waals surface area contributed by atoms with E-state index in [0.717, 1.165) is 10.5 Å². The van der Waals surface area contributed by atoms with E-state index >= 15 is 0 Å². The van der Waals surface area contributed by atoms with E-state index < -0.39 is 0 Å². The van der Waals surface area contributed by atoms with Crippen molar-refractivity contribution in [1.29, 1.82) is 0 Å². The van der Waals surface area contributed by atoms with Crippen molar-refractivity contribution in [2.75, 3.05) is 6.54 Å². The number of imide groups is 1. The predicted molar refractivity (Wildman–Crippen MR) is 60.4 cm³/mol. The molecule has 6 heteroatoms. The van der Waals surface area contributed by atoms with Crippen LogP contribution in [-0.2, 0) is 11.3 Å². The summed E-state index contributed by atoms with van der Waals surface area (Å²) in [6.07, 6.45) is 0. The van der Waals surface area contributed by atoms with Crippen LogP contribution in [0.25, 0.3) is 0 Å². The Morgan fingerprint density at radius 3 is 2.31 bits per heavy atom. The smallest absolute Gasteiger partial charge is 0.324 e. The lowest BCUT2D eigenvalue weighted by Crippen LogP contribution is -2.30. The summed E-state index contributed by atoms with van der Waals surface area (Å²) in [6.45, 7) is 0.234. The first-order valence-electron chi connectivity index (χ1n) is 4.59. The zero-order valence-electron chi connectivity index (χ0n) is 8.17. The third-order valence-corrected chi connectivity index (χ3v) is 2.64. The molecule has 0 aromatic heterocycles. The van der Waals surface area contributed by atoms with Crippen LogP contribution in [0.1, 0.15) is 5.56 Å². The SMILES string of the molecule is O=C1CNC(=O)N1Cc1cc(Cl)cc(Cl)c1. The standard InChI is InChI=1S/C10H8Cl2N2O2/c11-7-1-6(2-8(12)3-7)5-14-9(15)4-13-10(14)16/h1-3H,4-5H2,(H,13,16). The lowest BCUT2D eigenvalue weighted by molar-refractivity contribution is -0.125. The van der Waals surface area contributed by atoms with E-state index in [0.29, 0.717) is 10.0 Å². The molecule has 0 unspecified atom stereocenters. The highest BCUT2D eigenvalue weighted by atomic mass is 35.5. The largest absolute Gasteiger partial charge is 0.329 e. The summed E-state index contributed by atoms with van der Waals surface area (Å²) in [6, 6.07) is 4.55.